The first-order chi connectivity index (χ1) is 8.13. The molecule has 0 aromatic carbocycles. The Labute approximate surface area is 100 Å². The lowest BCUT2D eigenvalue weighted by atomic mass is 10.3. The number of methoxy groups -OCH3 is 1. The maximum Gasteiger partial charge on any atom is 0.333 e. The van der Waals surface area contributed by atoms with Crippen molar-refractivity contribution >= 4 is 5.97 Å². The first-order valence-electron chi connectivity index (χ1n) is 5.38. The van der Waals surface area contributed by atoms with Crippen molar-refractivity contribution in [3.8, 4) is 0 Å². The van der Waals surface area contributed by atoms with Gasteiger partial charge in [0.15, 0.2) is 5.82 Å². The maximum absolute atomic E-state index is 11.0. The third-order valence-corrected chi connectivity index (χ3v) is 2.15. The molecule has 0 bridgehead atoms. The fourth-order valence-electron chi connectivity index (χ4n) is 1.21. The van der Waals surface area contributed by atoms with Crippen LogP contribution in [-0.4, -0.2) is 36.3 Å². The SMILES string of the molecule is COC(=O)C(C)=CCNCCc1noc(C)n1. The molecule has 0 saturated heterocycles. The highest BCUT2D eigenvalue weighted by Crippen LogP contribution is 1.95. The number of hydrogen-bond acceptors (Lipinski definition) is 6. The Morgan fingerprint density at radius 3 is 2.94 bits per heavy atom. The molecule has 1 heterocycles. The van der Waals surface area contributed by atoms with Crippen molar-refractivity contribution in [2.75, 3.05) is 20.2 Å². The molecular weight excluding hydrogens is 222 g/mol. The standard InChI is InChI=1S/C11H17N3O3/c1-8(11(15)16-3)4-6-12-7-5-10-13-9(2)17-14-10/h4,12H,5-7H2,1-3H3. The Bertz CT molecular complexity index is 398. The second-order valence-electron chi connectivity index (χ2n) is 3.56. The smallest absolute Gasteiger partial charge is 0.333 e. The number of ether oxygens (including phenoxy) is 1. The number of carbonyl (C=O) groups is 1. The Morgan fingerprint density at radius 1 is 1.59 bits per heavy atom. The number of rotatable bonds is 6. The normalized spacial score (nSPS) is 11.6. The van der Waals surface area contributed by atoms with Gasteiger partial charge in [0.05, 0.1) is 7.11 Å². The minimum atomic E-state index is -0.305. The number of hydrogen-bond donors (Lipinski definition) is 1. The molecule has 0 aliphatic rings. The molecule has 0 spiro atoms. The number of carbonyl (C=O) groups excluding carboxylic acids is 1. The van der Waals surface area contributed by atoms with Crippen LogP contribution >= 0.6 is 0 Å². The number of aromatic nitrogens is 2. The lowest BCUT2D eigenvalue weighted by Crippen LogP contribution is -2.18. The Morgan fingerprint density at radius 2 is 2.35 bits per heavy atom. The average molecular weight is 239 g/mol. The van der Waals surface area contributed by atoms with Crippen LogP contribution in [0.1, 0.15) is 18.6 Å². The third kappa shape index (κ3) is 4.78. The molecule has 6 heteroatoms. The van der Waals surface area contributed by atoms with Crippen molar-refractivity contribution < 1.29 is 14.1 Å². The van der Waals surface area contributed by atoms with E-state index in [0.29, 0.717) is 30.3 Å². The summed E-state index contributed by atoms with van der Waals surface area (Å²) < 4.78 is 9.42. The minimum absolute atomic E-state index is 0.305. The Balaban J connectivity index is 2.18. The van der Waals surface area contributed by atoms with E-state index in [1.54, 1.807) is 19.9 Å². The zero-order chi connectivity index (χ0) is 12.7. The van der Waals surface area contributed by atoms with Crippen LogP contribution in [0.2, 0.25) is 0 Å². The quantitative estimate of drug-likeness (QED) is 0.445. The molecule has 0 atom stereocenters. The molecule has 0 saturated carbocycles. The van der Waals surface area contributed by atoms with Crippen molar-refractivity contribution in [1.29, 1.82) is 0 Å². The van der Waals surface area contributed by atoms with E-state index in [-0.39, 0.29) is 5.97 Å². The molecule has 0 aliphatic heterocycles. The topological polar surface area (TPSA) is 77.2 Å². The lowest BCUT2D eigenvalue weighted by Gasteiger charge is -2.00. The van der Waals surface area contributed by atoms with Crippen LogP contribution in [0.3, 0.4) is 0 Å². The van der Waals surface area contributed by atoms with Gasteiger partial charge < -0.3 is 14.6 Å². The first kappa shape index (κ1) is 13.4. The van der Waals surface area contributed by atoms with Crippen LogP contribution in [0.4, 0.5) is 0 Å². The summed E-state index contributed by atoms with van der Waals surface area (Å²) in [5, 5.41) is 6.92. The molecule has 0 radical (unpaired) electrons. The van der Waals surface area contributed by atoms with Gasteiger partial charge in [-0.3, -0.25) is 0 Å². The molecule has 0 unspecified atom stereocenters. The van der Waals surface area contributed by atoms with Crippen LogP contribution in [-0.2, 0) is 16.0 Å². The highest BCUT2D eigenvalue weighted by molar-refractivity contribution is 5.87. The monoisotopic (exact) mass is 239 g/mol. The van der Waals surface area contributed by atoms with E-state index in [9.17, 15) is 4.79 Å². The van der Waals surface area contributed by atoms with Crippen LogP contribution in [0.25, 0.3) is 0 Å². The van der Waals surface area contributed by atoms with Gasteiger partial charge in [-0.25, -0.2) is 4.79 Å². The molecule has 94 valence electrons. The van der Waals surface area contributed by atoms with Gasteiger partial charge in [0, 0.05) is 32.0 Å². The van der Waals surface area contributed by atoms with E-state index in [2.05, 4.69) is 20.2 Å². The summed E-state index contributed by atoms with van der Waals surface area (Å²) >= 11 is 0. The van der Waals surface area contributed by atoms with Crippen molar-refractivity contribution in [3.05, 3.63) is 23.4 Å². The van der Waals surface area contributed by atoms with Gasteiger partial charge in [-0.1, -0.05) is 11.2 Å². The van der Waals surface area contributed by atoms with E-state index in [1.165, 1.54) is 7.11 Å². The van der Waals surface area contributed by atoms with Crippen LogP contribution in [0.5, 0.6) is 0 Å². The van der Waals surface area contributed by atoms with Gasteiger partial charge in [-0.15, -0.1) is 0 Å². The molecule has 1 aromatic rings. The summed E-state index contributed by atoms with van der Waals surface area (Å²) in [6, 6.07) is 0. The number of esters is 1. The molecule has 1 aromatic heterocycles. The van der Waals surface area contributed by atoms with Crippen molar-refractivity contribution in [3.63, 3.8) is 0 Å². The number of nitrogens with one attached hydrogen (secondary N) is 1. The third-order valence-electron chi connectivity index (χ3n) is 2.15. The summed E-state index contributed by atoms with van der Waals surface area (Å²) in [4.78, 5) is 15.1. The molecule has 17 heavy (non-hydrogen) atoms. The molecule has 0 fully saturated rings. The molecule has 0 aliphatic carbocycles. The first-order valence-corrected chi connectivity index (χ1v) is 5.38. The van der Waals surface area contributed by atoms with Gasteiger partial charge in [-0.05, 0) is 6.92 Å². The van der Waals surface area contributed by atoms with Crippen LogP contribution in [0.15, 0.2) is 16.2 Å². The van der Waals surface area contributed by atoms with Crippen LogP contribution in [0, 0.1) is 6.92 Å². The number of nitrogens with zero attached hydrogens (tertiary/aromatic N) is 2. The Hall–Kier alpha value is -1.69. The molecule has 0 amide bonds. The average Bonchev–Trinajstić information content (AvgIpc) is 2.73. The number of aryl methyl sites for hydroxylation is 1. The fourth-order valence-corrected chi connectivity index (χ4v) is 1.21. The van der Waals surface area contributed by atoms with Gasteiger partial charge in [0.25, 0.3) is 0 Å². The van der Waals surface area contributed by atoms with Gasteiger partial charge in [0.1, 0.15) is 0 Å². The van der Waals surface area contributed by atoms with E-state index in [0.717, 1.165) is 6.54 Å². The summed E-state index contributed by atoms with van der Waals surface area (Å²) in [6.45, 7) is 4.81. The zero-order valence-corrected chi connectivity index (χ0v) is 10.3. The fraction of sp³-hybridized carbons (Fsp3) is 0.545. The molecular formula is C11H17N3O3. The second kappa shape index (κ2) is 6.80. The van der Waals surface area contributed by atoms with Gasteiger partial charge in [0.2, 0.25) is 5.89 Å². The maximum atomic E-state index is 11.0. The summed E-state index contributed by atoms with van der Waals surface area (Å²) in [5.74, 6) is 0.950. The predicted octanol–water partition coefficient (Wildman–Crippen LogP) is 0.629. The second-order valence-corrected chi connectivity index (χ2v) is 3.56. The largest absolute Gasteiger partial charge is 0.466 e. The minimum Gasteiger partial charge on any atom is -0.466 e. The van der Waals surface area contributed by atoms with E-state index < -0.39 is 0 Å². The molecule has 1 N–H and O–H groups in total. The van der Waals surface area contributed by atoms with E-state index in [1.807, 2.05) is 0 Å². The van der Waals surface area contributed by atoms with Crippen molar-refractivity contribution in [2.45, 2.75) is 20.3 Å². The van der Waals surface area contributed by atoms with E-state index in [4.69, 9.17) is 4.52 Å². The summed E-state index contributed by atoms with van der Waals surface area (Å²) in [6.07, 6.45) is 2.48. The highest BCUT2D eigenvalue weighted by atomic mass is 16.5. The summed E-state index contributed by atoms with van der Waals surface area (Å²) in [5.41, 5.74) is 0.593. The van der Waals surface area contributed by atoms with Crippen molar-refractivity contribution in [1.82, 2.24) is 15.5 Å². The molecule has 6 nitrogen and oxygen atoms in total. The van der Waals surface area contributed by atoms with Gasteiger partial charge in [-0.2, -0.15) is 4.98 Å². The summed E-state index contributed by atoms with van der Waals surface area (Å²) in [7, 11) is 1.37. The van der Waals surface area contributed by atoms with Gasteiger partial charge >= 0.3 is 5.97 Å². The molecule has 1 rings (SSSR count). The predicted molar refractivity (Wildman–Crippen MR) is 61.4 cm³/mol. The van der Waals surface area contributed by atoms with Crippen molar-refractivity contribution in [2.24, 2.45) is 0 Å². The van der Waals surface area contributed by atoms with Crippen LogP contribution < -0.4 is 5.32 Å². The Kier molecular flexibility index (Phi) is 5.35. The lowest BCUT2D eigenvalue weighted by molar-refractivity contribution is -0.136. The zero-order valence-electron chi connectivity index (χ0n) is 10.3. The highest BCUT2D eigenvalue weighted by Gasteiger charge is 2.02. The van der Waals surface area contributed by atoms with E-state index >= 15 is 0 Å².